The standard InChI is InChI=1S/C12H17FN2O2/c1-15(2)7-8-5-9(11(16)3-4-14)12(17)10(13)6-8/h5-6,17H,3-4,7,14H2,1-2H3. The van der Waals surface area contributed by atoms with Crippen LogP contribution in [0.4, 0.5) is 4.39 Å². The van der Waals surface area contributed by atoms with Crippen molar-refractivity contribution in [2.75, 3.05) is 20.6 Å². The Hall–Kier alpha value is -1.46. The molecule has 1 aromatic carbocycles. The summed E-state index contributed by atoms with van der Waals surface area (Å²) in [7, 11) is 3.68. The number of carbonyl (C=O) groups excluding carboxylic acids is 1. The molecule has 0 aliphatic rings. The van der Waals surface area contributed by atoms with Gasteiger partial charge in [-0.2, -0.15) is 0 Å². The van der Waals surface area contributed by atoms with Gasteiger partial charge < -0.3 is 15.7 Å². The number of nitrogens with zero attached hydrogens (tertiary/aromatic N) is 1. The number of hydrogen-bond acceptors (Lipinski definition) is 4. The average Bonchev–Trinajstić information content (AvgIpc) is 2.22. The second kappa shape index (κ2) is 5.75. The van der Waals surface area contributed by atoms with Gasteiger partial charge in [0.25, 0.3) is 0 Å². The third-order valence-electron chi connectivity index (χ3n) is 2.29. The van der Waals surface area contributed by atoms with Crippen molar-refractivity contribution < 1.29 is 14.3 Å². The van der Waals surface area contributed by atoms with Crippen molar-refractivity contribution in [1.82, 2.24) is 4.90 Å². The Morgan fingerprint density at radius 2 is 2.12 bits per heavy atom. The summed E-state index contributed by atoms with van der Waals surface area (Å²) in [5.41, 5.74) is 5.92. The molecular weight excluding hydrogens is 223 g/mol. The second-order valence-electron chi connectivity index (χ2n) is 4.17. The summed E-state index contributed by atoms with van der Waals surface area (Å²) in [5.74, 6) is -1.71. The van der Waals surface area contributed by atoms with E-state index in [1.54, 1.807) is 0 Å². The summed E-state index contributed by atoms with van der Waals surface area (Å²) in [6.45, 7) is 0.678. The number of phenols is 1. The van der Waals surface area contributed by atoms with Crippen molar-refractivity contribution in [3.8, 4) is 5.75 Å². The van der Waals surface area contributed by atoms with E-state index < -0.39 is 11.6 Å². The van der Waals surface area contributed by atoms with Crippen LogP contribution < -0.4 is 5.73 Å². The highest BCUT2D eigenvalue weighted by molar-refractivity contribution is 5.98. The number of ketones is 1. The fourth-order valence-corrected chi connectivity index (χ4v) is 1.59. The fourth-order valence-electron chi connectivity index (χ4n) is 1.59. The number of benzene rings is 1. The van der Waals surface area contributed by atoms with Crippen molar-refractivity contribution in [1.29, 1.82) is 0 Å². The van der Waals surface area contributed by atoms with Crippen LogP contribution >= 0.6 is 0 Å². The molecular formula is C12H17FN2O2. The molecule has 0 fully saturated rings. The third kappa shape index (κ3) is 3.51. The quantitative estimate of drug-likeness (QED) is 0.757. The largest absolute Gasteiger partial charge is 0.504 e. The Morgan fingerprint density at radius 3 is 2.65 bits per heavy atom. The van der Waals surface area contributed by atoms with E-state index in [1.165, 1.54) is 12.1 Å². The van der Waals surface area contributed by atoms with Gasteiger partial charge in [-0.3, -0.25) is 4.79 Å². The Kier molecular flexibility index (Phi) is 4.60. The monoisotopic (exact) mass is 240 g/mol. The molecule has 1 rings (SSSR count). The normalized spacial score (nSPS) is 10.9. The van der Waals surface area contributed by atoms with Crippen LogP contribution in [0.5, 0.6) is 5.75 Å². The Labute approximate surface area is 99.8 Å². The van der Waals surface area contributed by atoms with Gasteiger partial charge in [0.1, 0.15) is 0 Å². The van der Waals surface area contributed by atoms with E-state index in [9.17, 15) is 14.3 Å². The predicted octanol–water partition coefficient (Wildman–Crippen LogP) is 1.12. The smallest absolute Gasteiger partial charge is 0.167 e. The lowest BCUT2D eigenvalue weighted by Gasteiger charge is -2.12. The molecule has 0 radical (unpaired) electrons. The molecule has 94 valence electrons. The molecule has 0 aromatic heterocycles. The first-order valence-electron chi connectivity index (χ1n) is 5.35. The topological polar surface area (TPSA) is 66.6 Å². The van der Waals surface area contributed by atoms with E-state index in [4.69, 9.17) is 5.73 Å². The zero-order chi connectivity index (χ0) is 13.0. The summed E-state index contributed by atoms with van der Waals surface area (Å²) in [5, 5.41) is 9.50. The fraction of sp³-hybridized carbons (Fsp3) is 0.417. The molecule has 0 aliphatic heterocycles. The van der Waals surface area contributed by atoms with Gasteiger partial charge in [0.05, 0.1) is 5.56 Å². The molecule has 0 aliphatic carbocycles. The van der Waals surface area contributed by atoms with Gasteiger partial charge in [0.2, 0.25) is 0 Å². The van der Waals surface area contributed by atoms with E-state index in [0.717, 1.165) is 0 Å². The van der Waals surface area contributed by atoms with Crippen LogP contribution in [0.15, 0.2) is 12.1 Å². The molecule has 0 heterocycles. The maximum atomic E-state index is 13.4. The number of carbonyl (C=O) groups is 1. The second-order valence-corrected chi connectivity index (χ2v) is 4.17. The number of hydrogen-bond donors (Lipinski definition) is 2. The summed E-state index contributed by atoms with van der Waals surface area (Å²) >= 11 is 0. The number of halogens is 1. The highest BCUT2D eigenvalue weighted by atomic mass is 19.1. The Balaban J connectivity index is 3.10. The summed E-state index contributed by atoms with van der Waals surface area (Å²) in [6.07, 6.45) is 0.0957. The number of aromatic hydroxyl groups is 1. The molecule has 1 aromatic rings. The first-order chi connectivity index (χ1) is 7.95. The van der Waals surface area contributed by atoms with Gasteiger partial charge in [-0.1, -0.05) is 0 Å². The lowest BCUT2D eigenvalue weighted by Crippen LogP contribution is -2.13. The number of rotatable bonds is 5. The Bertz CT molecular complexity index is 419. The van der Waals surface area contributed by atoms with Crippen LogP contribution in [0.2, 0.25) is 0 Å². The highest BCUT2D eigenvalue weighted by Crippen LogP contribution is 2.24. The summed E-state index contributed by atoms with van der Waals surface area (Å²) in [4.78, 5) is 13.5. The SMILES string of the molecule is CN(C)Cc1cc(F)c(O)c(C(=O)CCN)c1. The molecule has 17 heavy (non-hydrogen) atoms. The highest BCUT2D eigenvalue weighted by Gasteiger charge is 2.16. The molecule has 0 saturated carbocycles. The van der Waals surface area contributed by atoms with Crippen molar-refractivity contribution in [3.05, 3.63) is 29.1 Å². The minimum atomic E-state index is -0.773. The first-order valence-corrected chi connectivity index (χ1v) is 5.35. The van der Waals surface area contributed by atoms with Crippen LogP contribution in [-0.2, 0) is 6.54 Å². The lowest BCUT2D eigenvalue weighted by molar-refractivity contribution is 0.0982. The molecule has 0 amide bonds. The Morgan fingerprint density at radius 1 is 1.47 bits per heavy atom. The van der Waals surface area contributed by atoms with Crippen molar-refractivity contribution in [2.45, 2.75) is 13.0 Å². The van der Waals surface area contributed by atoms with E-state index in [-0.39, 0.29) is 24.3 Å². The molecule has 0 bridgehead atoms. The molecule has 3 N–H and O–H groups in total. The first kappa shape index (κ1) is 13.6. The lowest BCUT2D eigenvalue weighted by atomic mass is 10.0. The maximum absolute atomic E-state index is 13.4. The molecule has 0 atom stereocenters. The van der Waals surface area contributed by atoms with Crippen molar-refractivity contribution in [3.63, 3.8) is 0 Å². The van der Waals surface area contributed by atoms with E-state index in [2.05, 4.69) is 0 Å². The van der Waals surface area contributed by atoms with E-state index >= 15 is 0 Å². The predicted molar refractivity (Wildman–Crippen MR) is 63.5 cm³/mol. The molecule has 0 spiro atoms. The van der Waals surface area contributed by atoms with Crippen LogP contribution in [0.1, 0.15) is 22.3 Å². The molecule has 4 nitrogen and oxygen atoms in total. The van der Waals surface area contributed by atoms with Crippen LogP contribution in [-0.4, -0.2) is 36.4 Å². The average molecular weight is 240 g/mol. The van der Waals surface area contributed by atoms with Crippen LogP contribution in [0, 0.1) is 5.82 Å². The zero-order valence-electron chi connectivity index (χ0n) is 10.0. The van der Waals surface area contributed by atoms with Gasteiger partial charge in [-0.05, 0) is 38.3 Å². The van der Waals surface area contributed by atoms with Crippen molar-refractivity contribution in [2.24, 2.45) is 5.73 Å². The minimum Gasteiger partial charge on any atom is -0.504 e. The van der Waals surface area contributed by atoms with Gasteiger partial charge in [0, 0.05) is 13.0 Å². The molecule has 5 heteroatoms. The van der Waals surface area contributed by atoms with E-state index in [1.807, 2.05) is 19.0 Å². The van der Waals surface area contributed by atoms with Crippen LogP contribution in [0.3, 0.4) is 0 Å². The third-order valence-corrected chi connectivity index (χ3v) is 2.29. The van der Waals surface area contributed by atoms with Gasteiger partial charge in [-0.25, -0.2) is 4.39 Å². The summed E-state index contributed by atoms with van der Waals surface area (Å²) in [6, 6.07) is 2.74. The molecule has 0 saturated heterocycles. The number of phenolic OH excluding ortho intramolecular Hbond substituents is 1. The number of nitrogens with two attached hydrogens (primary N) is 1. The summed E-state index contributed by atoms with van der Waals surface area (Å²) < 4.78 is 13.4. The van der Waals surface area contributed by atoms with E-state index in [0.29, 0.717) is 12.1 Å². The van der Waals surface area contributed by atoms with Gasteiger partial charge in [-0.15, -0.1) is 0 Å². The minimum absolute atomic E-state index is 0.00676. The maximum Gasteiger partial charge on any atom is 0.167 e. The van der Waals surface area contributed by atoms with Crippen molar-refractivity contribution >= 4 is 5.78 Å². The molecule has 0 unspecified atom stereocenters. The van der Waals surface area contributed by atoms with Gasteiger partial charge >= 0.3 is 0 Å². The van der Waals surface area contributed by atoms with Gasteiger partial charge in [0.15, 0.2) is 17.3 Å². The van der Waals surface area contributed by atoms with Crippen LogP contribution in [0.25, 0.3) is 0 Å². The zero-order valence-corrected chi connectivity index (χ0v) is 10.0. The number of Topliss-reactive ketones (excluding diaryl/α,β-unsaturated/α-hetero) is 1.